The Morgan fingerprint density at radius 1 is 0.911 bits per heavy atom. The average molecular weight is 657 g/mol. The van der Waals surface area contributed by atoms with E-state index in [1.165, 1.54) is 54.3 Å². The minimum Gasteiger partial charge on any atom is -0.368 e. The molecule has 0 bridgehead atoms. The highest BCUT2D eigenvalue weighted by Gasteiger charge is 2.48. The lowest BCUT2D eigenvalue weighted by molar-refractivity contribution is -0.143. The number of halogens is 7. The van der Waals surface area contributed by atoms with Crippen molar-refractivity contribution in [3.8, 4) is 0 Å². The molecule has 2 unspecified atom stereocenters. The number of fused-ring (bicyclic) bond motifs is 1. The maximum absolute atomic E-state index is 13.9. The summed E-state index contributed by atoms with van der Waals surface area (Å²) < 4.78 is 127. The van der Waals surface area contributed by atoms with E-state index < -0.39 is 63.5 Å². The largest absolute Gasteiger partial charge is 0.416 e. The summed E-state index contributed by atoms with van der Waals surface area (Å²) in [6.45, 7) is 1.33. The molecule has 0 aliphatic carbocycles. The second-order valence-electron chi connectivity index (χ2n) is 11.1. The van der Waals surface area contributed by atoms with Gasteiger partial charge in [-0.15, -0.1) is 0 Å². The monoisotopic (exact) mass is 656 g/mol. The number of anilines is 1. The molecular weight excluding hydrogens is 629 g/mol. The second-order valence-corrected chi connectivity index (χ2v) is 12.9. The molecule has 1 N–H and O–H groups in total. The lowest BCUT2D eigenvalue weighted by Gasteiger charge is -2.33. The molecule has 14 heteroatoms. The van der Waals surface area contributed by atoms with Gasteiger partial charge >= 0.3 is 12.4 Å². The molecule has 1 saturated heterocycles. The first-order valence-corrected chi connectivity index (χ1v) is 15.6. The Bertz CT molecular complexity index is 1690. The Kier molecular flexibility index (Phi) is 8.51. The van der Waals surface area contributed by atoms with Crippen LogP contribution in [0.2, 0.25) is 0 Å². The Morgan fingerprint density at radius 2 is 1.49 bits per heavy atom. The number of nitrogens with one attached hydrogen (secondary N) is 1. The van der Waals surface area contributed by atoms with Gasteiger partial charge in [0.1, 0.15) is 5.82 Å². The molecule has 2 aliphatic rings. The van der Waals surface area contributed by atoms with E-state index in [1.807, 2.05) is 0 Å². The fraction of sp³-hybridized carbons (Fsp3) is 0.323. The number of hydrogen-bond acceptors (Lipinski definition) is 4. The molecule has 6 nitrogen and oxygen atoms in total. The number of sulfonamides is 1. The molecule has 3 aromatic rings. The van der Waals surface area contributed by atoms with Crippen LogP contribution in [0.5, 0.6) is 0 Å². The Labute approximate surface area is 254 Å². The molecule has 0 saturated carbocycles. The van der Waals surface area contributed by atoms with E-state index in [9.17, 15) is 43.9 Å². The molecule has 0 aromatic heterocycles. The van der Waals surface area contributed by atoms with Gasteiger partial charge in [-0.05, 0) is 78.1 Å². The summed E-state index contributed by atoms with van der Waals surface area (Å²) in [5, 5.41) is 0. The zero-order valence-electron chi connectivity index (χ0n) is 23.8. The SMILES string of the molecule is C[C@@H](OC1CN2C(=O)C=C(c3ccc(NS(C)(=O)=O)cc3)CC2[C@@H]1c1ccc(F)cc1)c1cc(C(F)(F)F)cc(C(F)(F)F)c1. The van der Waals surface area contributed by atoms with Gasteiger partial charge in [-0.1, -0.05) is 24.3 Å². The fourth-order valence-electron chi connectivity index (χ4n) is 5.86. The highest BCUT2D eigenvalue weighted by Crippen LogP contribution is 2.45. The number of nitrogens with zero attached hydrogens (tertiary/aromatic N) is 1. The normalized spacial score (nSPS) is 21.4. The fourth-order valence-corrected chi connectivity index (χ4v) is 6.43. The lowest BCUT2D eigenvalue weighted by Crippen LogP contribution is -2.39. The van der Waals surface area contributed by atoms with E-state index >= 15 is 0 Å². The second kappa shape index (κ2) is 11.8. The van der Waals surface area contributed by atoms with Crippen molar-refractivity contribution in [2.75, 3.05) is 17.5 Å². The molecule has 1 amide bonds. The Hall–Kier alpha value is -3.91. The minimum atomic E-state index is -5.03. The van der Waals surface area contributed by atoms with Crippen LogP contribution in [-0.4, -0.2) is 44.2 Å². The third kappa shape index (κ3) is 7.33. The predicted molar refractivity (Wildman–Crippen MR) is 152 cm³/mol. The standard InChI is InChI=1S/C31H27F7N2O4S/c1-17(20-11-22(30(33,34)35)15-23(12-20)31(36,37)38)44-27-16-40-26(29(27)19-3-7-24(32)8-4-19)13-21(14-28(40)41)18-5-9-25(10-6-18)39-45(2,42)43/h3-12,14-15,17,26-27,29,39H,13,16H2,1-2H3/t17-,26?,27?,29+/m1/s1. The molecule has 1 fully saturated rings. The van der Waals surface area contributed by atoms with Gasteiger partial charge in [0.25, 0.3) is 0 Å². The van der Waals surface area contributed by atoms with E-state index in [-0.39, 0.29) is 24.1 Å². The lowest BCUT2D eigenvalue weighted by atomic mass is 9.83. The summed E-state index contributed by atoms with van der Waals surface area (Å²) in [6.07, 6.45) is -9.44. The van der Waals surface area contributed by atoms with Gasteiger partial charge in [-0.25, -0.2) is 12.8 Å². The van der Waals surface area contributed by atoms with E-state index in [4.69, 9.17) is 4.74 Å². The van der Waals surface area contributed by atoms with Crippen molar-refractivity contribution in [3.05, 3.63) is 106 Å². The molecule has 0 spiro atoms. The van der Waals surface area contributed by atoms with E-state index in [2.05, 4.69) is 4.72 Å². The predicted octanol–water partition coefficient (Wildman–Crippen LogP) is 7.16. The van der Waals surface area contributed by atoms with Gasteiger partial charge in [0, 0.05) is 30.3 Å². The third-order valence-electron chi connectivity index (χ3n) is 7.87. The van der Waals surface area contributed by atoms with Crippen LogP contribution in [0.25, 0.3) is 5.57 Å². The molecular formula is C31H27F7N2O4S. The molecule has 240 valence electrons. The quantitative estimate of drug-likeness (QED) is 0.274. The van der Waals surface area contributed by atoms with Crippen LogP contribution in [0, 0.1) is 5.82 Å². The van der Waals surface area contributed by atoms with E-state index in [1.54, 1.807) is 12.1 Å². The zero-order valence-corrected chi connectivity index (χ0v) is 24.6. The first-order chi connectivity index (χ1) is 20.9. The summed E-state index contributed by atoms with van der Waals surface area (Å²) in [6, 6.07) is 12.5. The maximum Gasteiger partial charge on any atom is 0.416 e. The van der Waals surface area contributed by atoms with Crippen LogP contribution in [-0.2, 0) is 31.9 Å². The van der Waals surface area contributed by atoms with Gasteiger partial charge in [0.15, 0.2) is 0 Å². The number of carbonyl (C=O) groups is 1. The summed E-state index contributed by atoms with van der Waals surface area (Å²) in [5.41, 5.74) is -1.12. The topological polar surface area (TPSA) is 75.7 Å². The van der Waals surface area contributed by atoms with Crippen LogP contribution in [0.15, 0.2) is 72.8 Å². The van der Waals surface area contributed by atoms with Crippen molar-refractivity contribution in [2.24, 2.45) is 0 Å². The minimum absolute atomic E-state index is 0.0119. The average Bonchev–Trinajstić information content (AvgIpc) is 3.30. The summed E-state index contributed by atoms with van der Waals surface area (Å²) in [7, 11) is -3.51. The van der Waals surface area contributed by atoms with Gasteiger partial charge in [-0.3, -0.25) is 9.52 Å². The van der Waals surface area contributed by atoms with Crippen LogP contribution < -0.4 is 4.72 Å². The van der Waals surface area contributed by atoms with Crippen molar-refractivity contribution >= 4 is 27.2 Å². The highest BCUT2D eigenvalue weighted by atomic mass is 32.2. The highest BCUT2D eigenvalue weighted by molar-refractivity contribution is 7.92. The summed E-state index contributed by atoms with van der Waals surface area (Å²) in [4.78, 5) is 14.9. The van der Waals surface area contributed by atoms with Gasteiger partial charge in [0.2, 0.25) is 15.9 Å². The van der Waals surface area contributed by atoms with Crippen molar-refractivity contribution in [3.63, 3.8) is 0 Å². The van der Waals surface area contributed by atoms with Gasteiger partial charge in [0.05, 0.1) is 29.6 Å². The Balaban J connectivity index is 1.46. The van der Waals surface area contributed by atoms with Crippen molar-refractivity contribution < 1.29 is 48.7 Å². The zero-order chi connectivity index (χ0) is 32.9. The molecule has 2 aliphatic heterocycles. The van der Waals surface area contributed by atoms with Crippen LogP contribution in [0.1, 0.15) is 53.2 Å². The van der Waals surface area contributed by atoms with Crippen LogP contribution in [0.3, 0.4) is 0 Å². The number of carbonyl (C=O) groups excluding carboxylic acids is 1. The number of amides is 1. The van der Waals surface area contributed by atoms with E-state index in [0.29, 0.717) is 40.9 Å². The van der Waals surface area contributed by atoms with Crippen molar-refractivity contribution in [1.29, 1.82) is 0 Å². The van der Waals surface area contributed by atoms with Gasteiger partial charge < -0.3 is 9.64 Å². The third-order valence-corrected chi connectivity index (χ3v) is 8.48. The number of rotatable bonds is 7. The number of ether oxygens (including phenoxy) is 1. The van der Waals surface area contributed by atoms with Crippen LogP contribution >= 0.6 is 0 Å². The van der Waals surface area contributed by atoms with Crippen LogP contribution in [0.4, 0.5) is 36.4 Å². The van der Waals surface area contributed by atoms with E-state index in [0.717, 1.165) is 6.26 Å². The van der Waals surface area contributed by atoms with Crippen molar-refractivity contribution in [1.82, 2.24) is 4.90 Å². The first kappa shape index (κ1) is 32.5. The smallest absolute Gasteiger partial charge is 0.368 e. The first-order valence-electron chi connectivity index (χ1n) is 13.7. The number of alkyl halides is 6. The number of benzene rings is 3. The Morgan fingerprint density at radius 3 is 2.02 bits per heavy atom. The molecule has 45 heavy (non-hydrogen) atoms. The molecule has 0 radical (unpaired) electrons. The summed E-state index contributed by atoms with van der Waals surface area (Å²) >= 11 is 0. The summed E-state index contributed by atoms with van der Waals surface area (Å²) in [5.74, 6) is -1.52. The number of hydrogen-bond donors (Lipinski definition) is 1. The molecule has 4 atom stereocenters. The van der Waals surface area contributed by atoms with Gasteiger partial charge in [-0.2, -0.15) is 26.3 Å². The molecule has 3 aromatic carbocycles. The maximum atomic E-state index is 13.9. The molecule has 5 rings (SSSR count). The molecule has 2 heterocycles. The van der Waals surface area contributed by atoms with Crippen molar-refractivity contribution in [2.45, 2.75) is 49.9 Å².